The molecule has 0 spiro atoms. The Morgan fingerprint density at radius 1 is 1.30 bits per heavy atom. The number of fused-ring (bicyclic) bond motifs is 1. The number of hydrogen-bond acceptors (Lipinski definition) is 2. The lowest BCUT2D eigenvalue weighted by Crippen LogP contribution is -2.17. The van der Waals surface area contributed by atoms with Gasteiger partial charge in [-0.3, -0.25) is 4.79 Å². The molecule has 0 bridgehead atoms. The fourth-order valence-electron chi connectivity index (χ4n) is 2.74. The number of aryl methyl sites for hydroxylation is 1. The summed E-state index contributed by atoms with van der Waals surface area (Å²) >= 11 is 0. The zero-order valence-electron chi connectivity index (χ0n) is 11.3. The third kappa shape index (κ3) is 2.31. The highest BCUT2D eigenvalue weighted by Gasteiger charge is 2.27. The van der Waals surface area contributed by atoms with Crippen molar-refractivity contribution in [3.05, 3.63) is 65.0 Å². The van der Waals surface area contributed by atoms with Gasteiger partial charge < -0.3 is 5.32 Å². The Balaban J connectivity index is 1.81. The average Bonchev–Trinajstić information content (AvgIpc) is 2.86. The number of nitrogens with one attached hydrogen (secondary N) is 1. The van der Waals surface area contributed by atoms with E-state index in [2.05, 4.69) is 5.32 Å². The number of benzene rings is 2. The van der Waals surface area contributed by atoms with E-state index in [1.54, 1.807) is 6.07 Å². The number of rotatable bonds is 3. The molecule has 102 valence electrons. The smallest absolute Gasteiger partial charge is 0.146 e. The predicted octanol–water partition coefficient (Wildman–Crippen LogP) is 3.46. The van der Waals surface area contributed by atoms with Crippen LogP contribution in [0.5, 0.6) is 0 Å². The topological polar surface area (TPSA) is 29.1 Å². The molecule has 0 fully saturated rings. The van der Waals surface area contributed by atoms with Crippen molar-refractivity contribution in [2.24, 2.45) is 0 Å². The maximum absolute atomic E-state index is 13.1. The summed E-state index contributed by atoms with van der Waals surface area (Å²) < 4.78 is 13.1. The molecule has 1 N–H and O–H groups in total. The third-order valence-corrected chi connectivity index (χ3v) is 3.89. The molecule has 2 aromatic rings. The number of anilines is 1. The number of carbonyl (C=O) groups is 1. The van der Waals surface area contributed by atoms with Crippen LogP contribution in [0.15, 0.2) is 42.5 Å². The Bertz CT molecular complexity index is 666. The highest BCUT2D eigenvalue weighted by Crippen LogP contribution is 2.32. The third-order valence-electron chi connectivity index (χ3n) is 3.89. The summed E-state index contributed by atoms with van der Waals surface area (Å²) in [5, 5.41) is 3.26. The van der Waals surface area contributed by atoms with Gasteiger partial charge in [0.2, 0.25) is 0 Å². The predicted molar refractivity (Wildman–Crippen MR) is 77.5 cm³/mol. The van der Waals surface area contributed by atoms with E-state index in [4.69, 9.17) is 0 Å². The molecule has 1 heterocycles. The molecule has 0 amide bonds. The summed E-state index contributed by atoms with van der Waals surface area (Å²) in [7, 11) is 0. The van der Waals surface area contributed by atoms with E-state index in [1.165, 1.54) is 12.1 Å². The van der Waals surface area contributed by atoms with Gasteiger partial charge in [-0.25, -0.2) is 4.39 Å². The lowest BCUT2D eigenvalue weighted by Gasteiger charge is -2.11. The first-order valence-electron chi connectivity index (χ1n) is 6.75. The van der Waals surface area contributed by atoms with Crippen LogP contribution in [0.3, 0.4) is 0 Å². The molecule has 1 unspecified atom stereocenters. The minimum Gasteiger partial charge on any atom is -0.384 e. The monoisotopic (exact) mass is 269 g/mol. The van der Waals surface area contributed by atoms with Gasteiger partial charge in [-0.2, -0.15) is 0 Å². The normalized spacial score (nSPS) is 16.6. The molecule has 3 heteroatoms. The Morgan fingerprint density at radius 3 is 2.90 bits per heavy atom. The Kier molecular flexibility index (Phi) is 3.26. The van der Waals surface area contributed by atoms with Crippen molar-refractivity contribution in [1.29, 1.82) is 0 Å². The number of ketones is 1. The second kappa shape index (κ2) is 5.08. The van der Waals surface area contributed by atoms with Crippen LogP contribution in [0.1, 0.15) is 22.6 Å². The van der Waals surface area contributed by atoms with Gasteiger partial charge in [0.05, 0.1) is 5.92 Å². The summed E-state index contributed by atoms with van der Waals surface area (Å²) in [6.07, 6.45) is 0.354. The number of halogens is 1. The first-order valence-corrected chi connectivity index (χ1v) is 6.75. The summed E-state index contributed by atoms with van der Waals surface area (Å²) in [6, 6.07) is 12.5. The molecule has 0 aliphatic carbocycles. The summed E-state index contributed by atoms with van der Waals surface area (Å²) in [5.74, 6) is -0.181. The number of para-hydroxylation sites is 1. The fraction of sp³-hybridized carbons (Fsp3) is 0.235. The summed E-state index contributed by atoms with van der Waals surface area (Å²) in [5.41, 5.74) is 3.84. The molecule has 1 aliphatic heterocycles. The van der Waals surface area contributed by atoms with Crippen molar-refractivity contribution in [2.75, 3.05) is 11.9 Å². The maximum atomic E-state index is 13.1. The standard InChI is InChI=1S/C17H16FNO/c1-11-8-13(18)7-6-12(11)9-17(20)15-10-19-16-5-3-2-4-14(15)16/h2-8,15,19H,9-10H2,1H3. The maximum Gasteiger partial charge on any atom is 0.146 e. The lowest BCUT2D eigenvalue weighted by atomic mass is 9.91. The lowest BCUT2D eigenvalue weighted by molar-refractivity contribution is -0.119. The van der Waals surface area contributed by atoms with Gasteiger partial charge in [-0.15, -0.1) is 0 Å². The largest absolute Gasteiger partial charge is 0.384 e. The zero-order chi connectivity index (χ0) is 14.1. The van der Waals surface area contributed by atoms with Crippen LogP contribution in [0, 0.1) is 12.7 Å². The molecule has 0 saturated heterocycles. The SMILES string of the molecule is Cc1cc(F)ccc1CC(=O)C1CNc2ccccc21. The number of carbonyl (C=O) groups excluding carboxylic acids is 1. The molecular formula is C17H16FNO. The van der Waals surface area contributed by atoms with Crippen LogP contribution in [0.2, 0.25) is 0 Å². The minimum absolute atomic E-state index is 0.101. The molecule has 0 saturated carbocycles. The van der Waals surface area contributed by atoms with Crippen LogP contribution in [0.25, 0.3) is 0 Å². The Morgan fingerprint density at radius 2 is 2.10 bits per heavy atom. The van der Waals surface area contributed by atoms with Crippen molar-refractivity contribution in [3.8, 4) is 0 Å². The molecule has 3 rings (SSSR count). The van der Waals surface area contributed by atoms with Crippen LogP contribution < -0.4 is 5.32 Å². The van der Waals surface area contributed by atoms with Gasteiger partial charge >= 0.3 is 0 Å². The van der Waals surface area contributed by atoms with Gasteiger partial charge in [0.15, 0.2) is 0 Å². The van der Waals surface area contributed by atoms with E-state index in [0.717, 1.165) is 22.4 Å². The van der Waals surface area contributed by atoms with E-state index < -0.39 is 0 Å². The Labute approximate surface area is 117 Å². The van der Waals surface area contributed by atoms with Crippen LogP contribution in [-0.4, -0.2) is 12.3 Å². The van der Waals surface area contributed by atoms with Crippen molar-refractivity contribution >= 4 is 11.5 Å². The van der Waals surface area contributed by atoms with Gasteiger partial charge in [0.25, 0.3) is 0 Å². The highest BCUT2D eigenvalue weighted by molar-refractivity contribution is 5.91. The van der Waals surface area contributed by atoms with Crippen molar-refractivity contribution in [3.63, 3.8) is 0 Å². The second-order valence-electron chi connectivity index (χ2n) is 5.23. The van der Waals surface area contributed by atoms with E-state index in [9.17, 15) is 9.18 Å². The number of Topliss-reactive ketones (excluding diaryl/α,β-unsaturated/α-hetero) is 1. The summed E-state index contributed by atoms with van der Waals surface area (Å²) in [6.45, 7) is 2.49. The molecule has 2 nitrogen and oxygen atoms in total. The van der Waals surface area contributed by atoms with E-state index >= 15 is 0 Å². The first kappa shape index (κ1) is 12.9. The zero-order valence-corrected chi connectivity index (χ0v) is 11.3. The molecule has 1 atom stereocenters. The first-order chi connectivity index (χ1) is 9.65. The van der Waals surface area contributed by atoms with Crippen molar-refractivity contribution < 1.29 is 9.18 Å². The van der Waals surface area contributed by atoms with Gasteiger partial charge in [0, 0.05) is 18.7 Å². The quantitative estimate of drug-likeness (QED) is 0.924. The minimum atomic E-state index is -0.258. The molecule has 1 aliphatic rings. The van der Waals surface area contributed by atoms with Gasteiger partial charge in [0.1, 0.15) is 11.6 Å². The molecular weight excluding hydrogens is 253 g/mol. The highest BCUT2D eigenvalue weighted by atomic mass is 19.1. The van der Waals surface area contributed by atoms with Gasteiger partial charge in [-0.1, -0.05) is 24.3 Å². The Hall–Kier alpha value is -2.16. The van der Waals surface area contributed by atoms with Crippen LogP contribution >= 0.6 is 0 Å². The second-order valence-corrected chi connectivity index (χ2v) is 5.23. The fourth-order valence-corrected chi connectivity index (χ4v) is 2.74. The van der Waals surface area contributed by atoms with Crippen molar-refractivity contribution in [2.45, 2.75) is 19.3 Å². The molecule has 0 radical (unpaired) electrons. The molecule has 0 aromatic heterocycles. The van der Waals surface area contributed by atoms with Crippen molar-refractivity contribution in [1.82, 2.24) is 0 Å². The number of hydrogen-bond donors (Lipinski definition) is 1. The molecule has 20 heavy (non-hydrogen) atoms. The molecule has 2 aromatic carbocycles. The summed E-state index contributed by atoms with van der Waals surface area (Å²) in [4.78, 5) is 12.5. The van der Waals surface area contributed by atoms with Crippen LogP contribution in [0.4, 0.5) is 10.1 Å². The van der Waals surface area contributed by atoms with E-state index in [0.29, 0.717) is 13.0 Å². The van der Waals surface area contributed by atoms with E-state index in [1.807, 2.05) is 31.2 Å². The van der Waals surface area contributed by atoms with Crippen LogP contribution in [-0.2, 0) is 11.2 Å². The average molecular weight is 269 g/mol. The van der Waals surface area contributed by atoms with Gasteiger partial charge in [-0.05, 0) is 41.8 Å². The van der Waals surface area contributed by atoms with E-state index in [-0.39, 0.29) is 17.5 Å².